The second kappa shape index (κ2) is 11.0. The molecule has 10 nitrogen and oxygen atoms in total. The van der Waals surface area contributed by atoms with Crippen LogP contribution in [0.25, 0.3) is 22.6 Å². The second-order valence-electron chi connectivity index (χ2n) is 10.1. The highest BCUT2D eigenvalue weighted by Crippen LogP contribution is 2.41. The molecule has 2 aromatic carbocycles. The molecule has 0 aliphatic heterocycles. The monoisotopic (exact) mass is 561 g/mol. The van der Waals surface area contributed by atoms with Gasteiger partial charge < -0.3 is 23.9 Å². The lowest BCUT2D eigenvalue weighted by Gasteiger charge is -2.14. The van der Waals surface area contributed by atoms with Gasteiger partial charge in [-0.25, -0.2) is 9.97 Å². The van der Waals surface area contributed by atoms with E-state index in [1.54, 1.807) is 50.4 Å². The van der Waals surface area contributed by atoms with Crippen LogP contribution in [0.5, 0.6) is 17.4 Å². The molecule has 0 bridgehead atoms. The minimum absolute atomic E-state index is 0.242. The highest BCUT2D eigenvalue weighted by atomic mass is 35.5. The number of nitrogens with zero attached hydrogens (tertiary/aromatic N) is 5. The zero-order chi connectivity index (χ0) is 28.4. The van der Waals surface area contributed by atoms with Gasteiger partial charge in [0.2, 0.25) is 5.88 Å². The summed E-state index contributed by atoms with van der Waals surface area (Å²) >= 11 is 6.76. The number of halogens is 1. The summed E-state index contributed by atoms with van der Waals surface area (Å²) in [5, 5.41) is 19.0. The summed E-state index contributed by atoms with van der Waals surface area (Å²) in [5.74, 6) is 0.681. The van der Waals surface area contributed by atoms with Crippen molar-refractivity contribution in [3.63, 3.8) is 0 Å². The van der Waals surface area contributed by atoms with Gasteiger partial charge in [-0.15, -0.1) is 0 Å². The van der Waals surface area contributed by atoms with Gasteiger partial charge in [-0.05, 0) is 62.6 Å². The van der Waals surface area contributed by atoms with E-state index in [4.69, 9.17) is 35.9 Å². The first-order valence-electron chi connectivity index (χ1n) is 12.8. The molecule has 40 heavy (non-hydrogen) atoms. The smallest absolute Gasteiger partial charge is 0.306 e. The summed E-state index contributed by atoms with van der Waals surface area (Å²) in [7, 11) is 1.58. The highest BCUT2D eigenvalue weighted by Gasteiger charge is 2.41. The van der Waals surface area contributed by atoms with Crippen LogP contribution < -0.4 is 14.2 Å². The molecule has 11 heteroatoms. The number of ether oxygens (including phenoxy) is 3. The van der Waals surface area contributed by atoms with Crippen LogP contribution in [-0.2, 0) is 11.3 Å². The molecule has 2 aromatic heterocycles. The number of carboxylic acids is 1. The molecule has 1 aliphatic carbocycles. The van der Waals surface area contributed by atoms with Crippen LogP contribution in [0, 0.1) is 17.2 Å². The average Bonchev–Trinajstić information content (AvgIpc) is 3.56. The predicted molar refractivity (Wildman–Crippen MR) is 148 cm³/mol. The Morgan fingerprint density at radius 1 is 1.25 bits per heavy atom. The van der Waals surface area contributed by atoms with E-state index in [2.05, 4.69) is 16.0 Å². The number of hydrogen-bond acceptors (Lipinski definition) is 8. The molecule has 1 N–H and O–H groups in total. The number of carboxylic acid groups (broad SMARTS) is 1. The Kier molecular flexibility index (Phi) is 7.50. The van der Waals surface area contributed by atoms with E-state index in [1.165, 1.54) is 6.33 Å². The van der Waals surface area contributed by atoms with Crippen molar-refractivity contribution in [2.24, 2.45) is 5.92 Å². The fourth-order valence-corrected chi connectivity index (χ4v) is 4.50. The molecule has 4 aromatic rings. The molecule has 5 rings (SSSR count). The predicted octanol–water partition coefficient (Wildman–Crippen LogP) is 5.50. The number of benzene rings is 2. The molecule has 2 heterocycles. The average molecular weight is 562 g/mol. The SMILES string of the molecule is COc1ccc(C#N)cc1Cn1c(-c2ccc(OCCC(C)C(=O)O)cc2Cl)nc2c(OC3(C)CC3)ncnc21. The van der Waals surface area contributed by atoms with Gasteiger partial charge in [0, 0.05) is 11.1 Å². The van der Waals surface area contributed by atoms with Crippen molar-refractivity contribution >= 4 is 28.7 Å². The Morgan fingerprint density at radius 3 is 2.73 bits per heavy atom. The number of aromatic nitrogens is 4. The van der Waals surface area contributed by atoms with E-state index in [0.29, 0.717) is 63.5 Å². The summed E-state index contributed by atoms with van der Waals surface area (Å²) in [5.41, 5.74) is 2.67. The summed E-state index contributed by atoms with van der Waals surface area (Å²) in [6.45, 7) is 4.20. The maximum Gasteiger partial charge on any atom is 0.306 e. The number of fused-ring (bicyclic) bond motifs is 1. The molecule has 0 saturated heterocycles. The highest BCUT2D eigenvalue weighted by molar-refractivity contribution is 6.33. The van der Waals surface area contributed by atoms with Gasteiger partial charge >= 0.3 is 5.97 Å². The molecule has 0 spiro atoms. The molecule has 1 atom stereocenters. The van der Waals surface area contributed by atoms with E-state index in [9.17, 15) is 10.1 Å². The standard InChI is InChI=1S/C29H28ClN5O5/c1-17(28(36)37)8-11-39-20-5-6-21(22(30)13-20)25-34-24-26(32-16-33-27(24)40-29(2)9-10-29)35(25)15-19-12-18(14-31)4-7-23(19)38-3/h4-7,12-13,16-17H,8-11,15H2,1-3H3,(H,36,37). The Labute approximate surface area is 236 Å². The Bertz CT molecular complexity index is 1630. The summed E-state index contributed by atoms with van der Waals surface area (Å²) < 4.78 is 19.4. The number of nitriles is 1. The first-order chi connectivity index (χ1) is 19.2. The van der Waals surface area contributed by atoms with Crippen LogP contribution in [-0.4, -0.2) is 49.9 Å². The molecule has 0 radical (unpaired) electrons. The lowest BCUT2D eigenvalue weighted by molar-refractivity contribution is -0.141. The summed E-state index contributed by atoms with van der Waals surface area (Å²) in [4.78, 5) is 24.9. The topological polar surface area (TPSA) is 132 Å². The maximum absolute atomic E-state index is 11.1. The van der Waals surface area contributed by atoms with Gasteiger partial charge in [-0.3, -0.25) is 4.79 Å². The van der Waals surface area contributed by atoms with Gasteiger partial charge in [0.1, 0.15) is 29.3 Å². The molecule has 0 amide bonds. The van der Waals surface area contributed by atoms with Gasteiger partial charge in [0.15, 0.2) is 11.2 Å². The number of rotatable bonds is 11. The molecule has 1 unspecified atom stereocenters. The van der Waals surface area contributed by atoms with Gasteiger partial charge in [-0.2, -0.15) is 10.2 Å². The van der Waals surface area contributed by atoms with Crippen LogP contribution in [0.4, 0.5) is 0 Å². The van der Waals surface area contributed by atoms with Crippen molar-refractivity contribution in [1.29, 1.82) is 5.26 Å². The summed E-state index contributed by atoms with van der Waals surface area (Å²) in [6, 6.07) is 12.7. The Hall–Kier alpha value is -4.36. The van der Waals surface area contributed by atoms with Crippen LogP contribution >= 0.6 is 11.6 Å². The third-order valence-electron chi connectivity index (χ3n) is 6.96. The third-order valence-corrected chi connectivity index (χ3v) is 7.27. The van der Waals surface area contributed by atoms with Crippen molar-refractivity contribution in [2.45, 2.75) is 45.3 Å². The Balaban J connectivity index is 1.56. The fraction of sp³-hybridized carbons (Fsp3) is 0.345. The number of carbonyl (C=O) groups is 1. The van der Waals surface area contributed by atoms with Crippen molar-refractivity contribution < 1.29 is 24.1 Å². The van der Waals surface area contributed by atoms with E-state index < -0.39 is 11.9 Å². The van der Waals surface area contributed by atoms with E-state index in [1.807, 2.05) is 11.5 Å². The van der Waals surface area contributed by atoms with Crippen molar-refractivity contribution in [3.05, 3.63) is 58.9 Å². The van der Waals surface area contributed by atoms with Gasteiger partial charge in [-0.1, -0.05) is 18.5 Å². The van der Waals surface area contributed by atoms with Crippen molar-refractivity contribution in [1.82, 2.24) is 19.5 Å². The molecule has 206 valence electrons. The number of imidazole rings is 1. The molecule has 1 fully saturated rings. The van der Waals surface area contributed by atoms with Crippen LogP contribution in [0.15, 0.2) is 42.7 Å². The van der Waals surface area contributed by atoms with E-state index in [0.717, 1.165) is 18.4 Å². The first kappa shape index (κ1) is 27.2. The zero-order valence-electron chi connectivity index (χ0n) is 22.3. The number of hydrogen-bond donors (Lipinski definition) is 1. The molecular formula is C29H28ClN5O5. The summed E-state index contributed by atoms with van der Waals surface area (Å²) in [6.07, 6.45) is 3.69. The molecule has 1 saturated carbocycles. The van der Waals surface area contributed by atoms with Gasteiger partial charge in [0.05, 0.1) is 42.8 Å². The first-order valence-corrected chi connectivity index (χ1v) is 13.2. The molecular weight excluding hydrogens is 534 g/mol. The lowest BCUT2D eigenvalue weighted by atomic mass is 10.1. The van der Waals surface area contributed by atoms with Gasteiger partial charge in [0.25, 0.3) is 0 Å². The van der Waals surface area contributed by atoms with Crippen LogP contribution in [0.2, 0.25) is 5.02 Å². The third kappa shape index (κ3) is 5.65. The number of aliphatic carboxylic acids is 1. The van der Waals surface area contributed by atoms with Crippen molar-refractivity contribution in [3.8, 4) is 34.8 Å². The quantitative estimate of drug-likeness (QED) is 0.252. The minimum atomic E-state index is -0.866. The largest absolute Gasteiger partial charge is 0.496 e. The molecule has 1 aliphatic rings. The second-order valence-corrected chi connectivity index (χ2v) is 10.5. The minimum Gasteiger partial charge on any atom is -0.496 e. The maximum atomic E-state index is 11.1. The normalized spacial score (nSPS) is 14.4. The zero-order valence-corrected chi connectivity index (χ0v) is 23.1. The van der Waals surface area contributed by atoms with E-state index in [-0.39, 0.29) is 12.2 Å². The Morgan fingerprint density at radius 2 is 2.05 bits per heavy atom. The fourth-order valence-electron chi connectivity index (χ4n) is 4.24. The van der Waals surface area contributed by atoms with Crippen LogP contribution in [0.1, 0.15) is 44.2 Å². The van der Waals surface area contributed by atoms with Crippen LogP contribution in [0.3, 0.4) is 0 Å². The van der Waals surface area contributed by atoms with E-state index >= 15 is 0 Å². The van der Waals surface area contributed by atoms with Crippen molar-refractivity contribution in [2.75, 3.05) is 13.7 Å². The lowest BCUT2D eigenvalue weighted by Crippen LogP contribution is -2.13. The number of methoxy groups -OCH3 is 1.